The van der Waals surface area contributed by atoms with Crippen LogP contribution in [0.4, 0.5) is 0 Å². The zero-order chi connectivity index (χ0) is 29.8. The van der Waals surface area contributed by atoms with E-state index in [0.717, 1.165) is 6.08 Å². The van der Waals surface area contributed by atoms with Gasteiger partial charge in [-0.25, -0.2) is 14.4 Å². The molecule has 0 aliphatic heterocycles. The quantitative estimate of drug-likeness (QED) is 0.137. The van der Waals surface area contributed by atoms with Crippen LogP contribution in [0.25, 0.3) is 5.76 Å². The van der Waals surface area contributed by atoms with E-state index in [-0.39, 0.29) is 31.4 Å². The summed E-state index contributed by atoms with van der Waals surface area (Å²) >= 11 is 0. The van der Waals surface area contributed by atoms with Gasteiger partial charge in [-0.3, -0.25) is 9.59 Å². The first-order chi connectivity index (χ1) is 18.5. The molecule has 0 heterocycles. The van der Waals surface area contributed by atoms with Gasteiger partial charge >= 0.3 is 17.9 Å². The normalized spacial score (nSPS) is 9.54. The minimum Gasteiger partial charge on any atom is -0.507 e. The van der Waals surface area contributed by atoms with Crippen LogP contribution in [0, 0.1) is 22.7 Å². The topological polar surface area (TPSA) is 181 Å². The molecular weight excluding hydrogens is 508 g/mol. The molecule has 0 aromatic heterocycles. The molecule has 0 fully saturated rings. The number of ketones is 2. The average Bonchev–Trinajstić information content (AvgIpc) is 2.94. The van der Waals surface area contributed by atoms with Crippen LogP contribution in [0.3, 0.4) is 0 Å². The summed E-state index contributed by atoms with van der Waals surface area (Å²) in [6.07, 6.45) is 0.791. The monoisotopic (exact) mass is 536 g/mol. The smallest absolute Gasteiger partial charge is 0.417 e. The maximum absolute atomic E-state index is 11.3. The molecule has 0 saturated carbocycles. The van der Waals surface area contributed by atoms with Gasteiger partial charge in [0.15, 0.2) is 5.78 Å². The second kappa shape index (κ2) is 18.9. The molecule has 0 spiro atoms. The van der Waals surface area contributed by atoms with Gasteiger partial charge in [0.25, 0.3) is 5.78 Å². The molecule has 0 amide bonds. The number of aliphatic hydroxyl groups is 1. The third kappa shape index (κ3) is 13.6. The summed E-state index contributed by atoms with van der Waals surface area (Å²) in [7, 11) is 0. The Balaban J connectivity index is 0.000000593. The van der Waals surface area contributed by atoms with E-state index < -0.39 is 23.7 Å². The van der Waals surface area contributed by atoms with E-state index in [1.54, 1.807) is 45.0 Å². The number of esters is 3. The van der Waals surface area contributed by atoms with Crippen LogP contribution < -0.4 is 0 Å². The number of aliphatic hydroxyl groups excluding tert-OH is 1. The van der Waals surface area contributed by atoms with Crippen LogP contribution in [0.2, 0.25) is 0 Å². The molecule has 0 saturated heterocycles. The molecular formula is C28H28N2O9. The minimum absolute atomic E-state index is 0.0227. The van der Waals surface area contributed by atoms with Crippen LogP contribution in [0.5, 0.6) is 0 Å². The van der Waals surface area contributed by atoms with Crippen molar-refractivity contribution in [3.8, 4) is 12.1 Å². The van der Waals surface area contributed by atoms with Gasteiger partial charge in [0.2, 0.25) is 0 Å². The van der Waals surface area contributed by atoms with Crippen LogP contribution in [-0.4, -0.2) is 54.4 Å². The molecule has 39 heavy (non-hydrogen) atoms. The molecule has 204 valence electrons. The van der Waals surface area contributed by atoms with E-state index in [1.807, 2.05) is 12.1 Å². The number of nitrogens with zero attached hydrogens (tertiary/aromatic N) is 2. The second-order valence-corrected chi connectivity index (χ2v) is 6.99. The standard InChI is InChI=1S/C13H11NO4.C9H7NO.C6H10O4/c1-2-18-13(17)12(16)7-11(15)10-5-3-9(8-14)4-6-10;1-7(11)9-4-2-8(6-10)3-5-9;1-3-9-5(7)6(8)10-4-2/h3-7,15H,2H2,1H3;2-5H,1H3;3-4H2,1-2H3. The van der Waals surface area contributed by atoms with Gasteiger partial charge in [-0.2, -0.15) is 10.5 Å². The molecule has 11 nitrogen and oxygen atoms in total. The van der Waals surface area contributed by atoms with E-state index in [4.69, 9.17) is 10.5 Å². The molecule has 11 heteroatoms. The van der Waals surface area contributed by atoms with Crippen molar-refractivity contribution >= 4 is 35.2 Å². The lowest BCUT2D eigenvalue weighted by atomic mass is 10.1. The summed E-state index contributed by atoms with van der Waals surface area (Å²) in [4.78, 5) is 54.0. The van der Waals surface area contributed by atoms with Gasteiger partial charge in [-0.1, -0.05) is 12.1 Å². The van der Waals surface area contributed by atoms with Gasteiger partial charge in [0.05, 0.1) is 43.1 Å². The fourth-order valence-electron chi connectivity index (χ4n) is 2.34. The minimum atomic E-state index is -1.02. The van der Waals surface area contributed by atoms with Crippen molar-refractivity contribution in [3.05, 3.63) is 76.9 Å². The SMILES string of the molecule is CC(=O)c1ccc(C#N)cc1.CCOC(=O)C(=O)C=C(O)c1ccc(C#N)cc1.CCOC(=O)C(=O)OCC. The van der Waals surface area contributed by atoms with Crippen molar-refractivity contribution < 1.29 is 43.3 Å². The first-order valence-corrected chi connectivity index (χ1v) is 11.5. The Bertz CT molecular complexity index is 1230. The number of rotatable bonds is 7. The van der Waals surface area contributed by atoms with Crippen molar-refractivity contribution in [1.82, 2.24) is 0 Å². The predicted molar refractivity (Wildman–Crippen MR) is 138 cm³/mol. The third-order valence-electron chi connectivity index (χ3n) is 4.19. The summed E-state index contributed by atoms with van der Waals surface area (Å²) in [6.45, 7) is 6.80. The zero-order valence-corrected chi connectivity index (χ0v) is 21.9. The number of benzene rings is 2. The number of hydrogen-bond donors (Lipinski definition) is 1. The van der Waals surface area contributed by atoms with Gasteiger partial charge < -0.3 is 19.3 Å². The number of carbonyl (C=O) groups is 5. The third-order valence-corrected chi connectivity index (χ3v) is 4.19. The molecule has 1 N–H and O–H groups in total. The molecule has 2 aromatic rings. The molecule has 0 aliphatic rings. The molecule has 2 aromatic carbocycles. The molecule has 0 bridgehead atoms. The lowest BCUT2D eigenvalue weighted by Crippen LogP contribution is -2.19. The lowest BCUT2D eigenvalue weighted by molar-refractivity contribution is -0.167. The largest absolute Gasteiger partial charge is 0.507 e. The molecule has 0 aliphatic carbocycles. The van der Waals surface area contributed by atoms with Crippen LogP contribution in [0.15, 0.2) is 54.6 Å². The Morgan fingerprint density at radius 3 is 1.38 bits per heavy atom. The second-order valence-electron chi connectivity index (χ2n) is 6.99. The fourth-order valence-corrected chi connectivity index (χ4v) is 2.34. The van der Waals surface area contributed by atoms with E-state index in [0.29, 0.717) is 22.3 Å². The van der Waals surface area contributed by atoms with Gasteiger partial charge in [-0.05, 0) is 64.1 Å². The molecule has 0 unspecified atom stereocenters. The summed E-state index contributed by atoms with van der Waals surface area (Å²) in [5.41, 5.74) is 1.99. The molecule has 2 rings (SSSR count). The van der Waals surface area contributed by atoms with Crippen molar-refractivity contribution in [3.63, 3.8) is 0 Å². The Labute approximate surface area is 225 Å². The fraction of sp³-hybridized carbons (Fsp3) is 0.250. The van der Waals surface area contributed by atoms with Crippen molar-refractivity contribution in [2.75, 3.05) is 19.8 Å². The Morgan fingerprint density at radius 1 is 0.692 bits per heavy atom. The highest BCUT2D eigenvalue weighted by atomic mass is 16.6. The highest BCUT2D eigenvalue weighted by molar-refractivity contribution is 6.39. The van der Waals surface area contributed by atoms with Crippen molar-refractivity contribution in [1.29, 1.82) is 10.5 Å². The van der Waals surface area contributed by atoms with Crippen LogP contribution in [-0.2, 0) is 33.4 Å². The van der Waals surface area contributed by atoms with E-state index >= 15 is 0 Å². The van der Waals surface area contributed by atoms with E-state index in [2.05, 4.69) is 14.2 Å². The number of carbonyl (C=O) groups excluding carboxylic acids is 5. The first kappa shape index (κ1) is 33.7. The highest BCUT2D eigenvalue weighted by Gasteiger charge is 2.15. The van der Waals surface area contributed by atoms with Gasteiger partial charge in [-0.15, -0.1) is 0 Å². The van der Waals surface area contributed by atoms with Crippen molar-refractivity contribution in [2.24, 2.45) is 0 Å². The van der Waals surface area contributed by atoms with Gasteiger partial charge in [0, 0.05) is 17.2 Å². The van der Waals surface area contributed by atoms with Crippen LogP contribution >= 0.6 is 0 Å². The van der Waals surface area contributed by atoms with Crippen LogP contribution in [0.1, 0.15) is 54.7 Å². The number of hydrogen-bond acceptors (Lipinski definition) is 11. The lowest BCUT2D eigenvalue weighted by Gasteiger charge is -2.00. The number of ether oxygens (including phenoxy) is 3. The summed E-state index contributed by atoms with van der Waals surface area (Å²) in [5, 5.41) is 26.7. The summed E-state index contributed by atoms with van der Waals surface area (Å²) in [6, 6.07) is 16.4. The maximum atomic E-state index is 11.3. The average molecular weight is 537 g/mol. The zero-order valence-electron chi connectivity index (χ0n) is 21.9. The number of Topliss-reactive ketones (excluding diaryl/α,β-unsaturated/α-hetero) is 1. The Hall–Kier alpha value is -5.29. The number of nitriles is 2. The summed E-state index contributed by atoms with van der Waals surface area (Å²) in [5.74, 6) is -4.13. The van der Waals surface area contributed by atoms with E-state index in [1.165, 1.54) is 31.2 Å². The van der Waals surface area contributed by atoms with Gasteiger partial charge in [0.1, 0.15) is 5.76 Å². The van der Waals surface area contributed by atoms with Crippen molar-refractivity contribution in [2.45, 2.75) is 27.7 Å². The van der Waals surface area contributed by atoms with E-state index in [9.17, 15) is 29.1 Å². The maximum Gasteiger partial charge on any atom is 0.417 e. The molecule has 0 radical (unpaired) electrons. The Kier molecular flexibility index (Phi) is 16.3. The Morgan fingerprint density at radius 2 is 1.05 bits per heavy atom. The first-order valence-electron chi connectivity index (χ1n) is 11.5. The highest BCUT2D eigenvalue weighted by Crippen LogP contribution is 2.12. The predicted octanol–water partition coefficient (Wildman–Crippen LogP) is 3.46. The summed E-state index contributed by atoms with van der Waals surface area (Å²) < 4.78 is 13.2. The molecule has 0 atom stereocenters.